The molecule has 0 amide bonds. The maximum atomic E-state index is 2.65. The van der Waals surface area contributed by atoms with E-state index in [1.807, 2.05) is 0 Å². The van der Waals surface area contributed by atoms with Gasteiger partial charge in [0, 0.05) is 25.7 Å². The van der Waals surface area contributed by atoms with Crippen LogP contribution in [0.5, 0.6) is 0 Å². The van der Waals surface area contributed by atoms with Gasteiger partial charge in [0.1, 0.15) is 0 Å². The lowest BCUT2D eigenvalue weighted by atomic mass is 10.0. The SMILES string of the molecule is CCCN1CCN(CCC)C(c2ccccc2)C1. The zero-order valence-corrected chi connectivity index (χ0v) is 11.8. The molecule has 1 unspecified atom stereocenters. The first-order valence-corrected chi connectivity index (χ1v) is 7.36. The molecule has 1 aliphatic heterocycles. The normalized spacial score (nSPS) is 22.2. The maximum Gasteiger partial charge on any atom is 0.0475 e. The average molecular weight is 246 g/mol. The minimum absolute atomic E-state index is 0.589. The fourth-order valence-corrected chi connectivity index (χ4v) is 2.94. The molecule has 0 aliphatic carbocycles. The monoisotopic (exact) mass is 246 g/mol. The third-order valence-electron chi connectivity index (χ3n) is 3.81. The summed E-state index contributed by atoms with van der Waals surface area (Å²) in [5, 5.41) is 0. The van der Waals surface area contributed by atoms with Crippen LogP contribution in [0.15, 0.2) is 30.3 Å². The second-order valence-electron chi connectivity index (χ2n) is 5.26. The quantitative estimate of drug-likeness (QED) is 0.787. The van der Waals surface area contributed by atoms with Gasteiger partial charge < -0.3 is 4.90 Å². The van der Waals surface area contributed by atoms with Crippen molar-refractivity contribution in [1.82, 2.24) is 9.80 Å². The van der Waals surface area contributed by atoms with E-state index in [4.69, 9.17) is 0 Å². The van der Waals surface area contributed by atoms with Gasteiger partial charge in [0.05, 0.1) is 0 Å². The van der Waals surface area contributed by atoms with Gasteiger partial charge in [-0.2, -0.15) is 0 Å². The molecule has 1 aliphatic rings. The van der Waals surface area contributed by atoms with E-state index in [2.05, 4.69) is 54.0 Å². The number of nitrogens with zero attached hydrogens (tertiary/aromatic N) is 2. The van der Waals surface area contributed by atoms with Gasteiger partial charge in [0.15, 0.2) is 0 Å². The van der Waals surface area contributed by atoms with Crippen molar-refractivity contribution in [2.45, 2.75) is 32.7 Å². The first-order valence-electron chi connectivity index (χ1n) is 7.36. The zero-order chi connectivity index (χ0) is 12.8. The molecule has 18 heavy (non-hydrogen) atoms. The van der Waals surface area contributed by atoms with Crippen LogP contribution in [-0.4, -0.2) is 42.5 Å². The summed E-state index contributed by atoms with van der Waals surface area (Å²) in [5.74, 6) is 0. The van der Waals surface area contributed by atoms with Crippen molar-refractivity contribution in [1.29, 1.82) is 0 Å². The van der Waals surface area contributed by atoms with E-state index in [1.54, 1.807) is 0 Å². The summed E-state index contributed by atoms with van der Waals surface area (Å²) in [7, 11) is 0. The molecule has 1 heterocycles. The van der Waals surface area contributed by atoms with Gasteiger partial charge in [0.25, 0.3) is 0 Å². The van der Waals surface area contributed by atoms with E-state index in [0.717, 1.165) is 0 Å². The fourth-order valence-electron chi connectivity index (χ4n) is 2.94. The van der Waals surface area contributed by atoms with Crippen molar-refractivity contribution in [2.75, 3.05) is 32.7 Å². The minimum atomic E-state index is 0.589. The Hall–Kier alpha value is -0.860. The van der Waals surface area contributed by atoms with Gasteiger partial charge in [-0.25, -0.2) is 0 Å². The van der Waals surface area contributed by atoms with E-state index >= 15 is 0 Å². The van der Waals surface area contributed by atoms with Gasteiger partial charge in [-0.3, -0.25) is 4.90 Å². The molecule has 0 N–H and O–H groups in total. The van der Waals surface area contributed by atoms with Crippen molar-refractivity contribution in [2.24, 2.45) is 0 Å². The Morgan fingerprint density at radius 1 is 1.00 bits per heavy atom. The molecule has 1 aromatic rings. The first-order chi connectivity index (χ1) is 8.85. The predicted octanol–water partition coefficient (Wildman–Crippen LogP) is 3.17. The molecule has 0 aromatic heterocycles. The molecule has 1 saturated heterocycles. The van der Waals surface area contributed by atoms with Crippen LogP contribution in [0.1, 0.15) is 38.3 Å². The van der Waals surface area contributed by atoms with Crippen LogP contribution in [0.2, 0.25) is 0 Å². The number of benzene rings is 1. The van der Waals surface area contributed by atoms with Gasteiger partial charge in [-0.05, 0) is 31.5 Å². The molecule has 0 radical (unpaired) electrons. The fraction of sp³-hybridized carbons (Fsp3) is 0.625. The Morgan fingerprint density at radius 2 is 1.72 bits per heavy atom. The van der Waals surface area contributed by atoms with Crippen molar-refractivity contribution >= 4 is 0 Å². The topological polar surface area (TPSA) is 6.48 Å². The highest BCUT2D eigenvalue weighted by Crippen LogP contribution is 2.25. The molecule has 2 heteroatoms. The minimum Gasteiger partial charge on any atom is -0.300 e. The molecule has 0 bridgehead atoms. The third kappa shape index (κ3) is 3.33. The van der Waals surface area contributed by atoms with Crippen LogP contribution < -0.4 is 0 Å². The lowest BCUT2D eigenvalue weighted by Crippen LogP contribution is -2.48. The molecule has 0 spiro atoms. The molecular weight excluding hydrogens is 220 g/mol. The zero-order valence-electron chi connectivity index (χ0n) is 11.8. The summed E-state index contributed by atoms with van der Waals surface area (Å²) >= 11 is 0. The van der Waals surface area contributed by atoms with E-state index in [9.17, 15) is 0 Å². The van der Waals surface area contributed by atoms with Gasteiger partial charge >= 0.3 is 0 Å². The van der Waals surface area contributed by atoms with Crippen LogP contribution in [0.25, 0.3) is 0 Å². The van der Waals surface area contributed by atoms with Crippen LogP contribution >= 0.6 is 0 Å². The summed E-state index contributed by atoms with van der Waals surface area (Å²) in [6, 6.07) is 11.6. The molecule has 1 atom stereocenters. The molecule has 2 nitrogen and oxygen atoms in total. The molecule has 100 valence electrons. The average Bonchev–Trinajstić information content (AvgIpc) is 2.42. The largest absolute Gasteiger partial charge is 0.300 e. The molecule has 1 fully saturated rings. The highest BCUT2D eigenvalue weighted by atomic mass is 15.3. The Bertz CT molecular complexity index is 336. The molecule has 2 rings (SSSR count). The van der Waals surface area contributed by atoms with E-state index < -0.39 is 0 Å². The van der Waals surface area contributed by atoms with Crippen LogP contribution in [0, 0.1) is 0 Å². The lowest BCUT2D eigenvalue weighted by Gasteiger charge is -2.41. The summed E-state index contributed by atoms with van der Waals surface area (Å²) in [6.45, 7) is 10.7. The van der Waals surface area contributed by atoms with Gasteiger partial charge in [-0.15, -0.1) is 0 Å². The Balaban J connectivity index is 2.09. The second-order valence-corrected chi connectivity index (χ2v) is 5.26. The molecule has 0 saturated carbocycles. The van der Waals surface area contributed by atoms with Gasteiger partial charge in [0.2, 0.25) is 0 Å². The number of piperazine rings is 1. The standard InChI is InChI=1S/C16H26N2/c1-3-10-17-12-13-18(11-4-2)16(14-17)15-8-6-5-7-9-15/h5-9,16H,3-4,10-14H2,1-2H3. The molecular formula is C16H26N2. The summed E-state index contributed by atoms with van der Waals surface area (Å²) in [4.78, 5) is 5.27. The van der Waals surface area contributed by atoms with Crippen molar-refractivity contribution in [3.8, 4) is 0 Å². The smallest absolute Gasteiger partial charge is 0.0475 e. The van der Waals surface area contributed by atoms with Crippen LogP contribution in [0.4, 0.5) is 0 Å². The highest BCUT2D eigenvalue weighted by molar-refractivity contribution is 5.20. The molecule has 1 aromatic carbocycles. The highest BCUT2D eigenvalue weighted by Gasteiger charge is 2.26. The van der Waals surface area contributed by atoms with Crippen molar-refractivity contribution < 1.29 is 0 Å². The van der Waals surface area contributed by atoms with E-state index in [0.29, 0.717) is 6.04 Å². The Kier molecular flexibility index (Phi) is 5.21. The maximum absolute atomic E-state index is 2.65. The third-order valence-corrected chi connectivity index (χ3v) is 3.81. The van der Waals surface area contributed by atoms with Gasteiger partial charge in [-0.1, -0.05) is 44.2 Å². The van der Waals surface area contributed by atoms with Crippen LogP contribution in [0.3, 0.4) is 0 Å². The number of hydrogen-bond acceptors (Lipinski definition) is 2. The van der Waals surface area contributed by atoms with Crippen molar-refractivity contribution in [3.63, 3.8) is 0 Å². The van der Waals surface area contributed by atoms with Crippen LogP contribution in [-0.2, 0) is 0 Å². The first kappa shape index (κ1) is 13.6. The van der Waals surface area contributed by atoms with Crippen molar-refractivity contribution in [3.05, 3.63) is 35.9 Å². The summed E-state index contributed by atoms with van der Waals surface area (Å²) < 4.78 is 0. The Morgan fingerprint density at radius 3 is 2.39 bits per heavy atom. The predicted molar refractivity (Wildman–Crippen MR) is 77.8 cm³/mol. The summed E-state index contributed by atoms with van der Waals surface area (Å²) in [5.41, 5.74) is 1.48. The number of hydrogen-bond donors (Lipinski definition) is 0. The van der Waals surface area contributed by atoms with E-state index in [-0.39, 0.29) is 0 Å². The second kappa shape index (κ2) is 6.91. The van der Waals surface area contributed by atoms with E-state index in [1.165, 1.54) is 51.1 Å². The Labute approximate surface area is 112 Å². The number of rotatable bonds is 5. The lowest BCUT2D eigenvalue weighted by molar-refractivity contribution is 0.0741. The summed E-state index contributed by atoms with van der Waals surface area (Å²) in [6.07, 6.45) is 2.51.